The molecule has 3 aromatic carbocycles. The van der Waals surface area contributed by atoms with Crippen LogP contribution in [0.5, 0.6) is 6.01 Å². The van der Waals surface area contributed by atoms with Crippen molar-refractivity contribution in [2.45, 2.75) is 100 Å². The second-order valence-electron chi connectivity index (χ2n) is 21.0. The molecular formula is C58H56F2N10O7. The van der Waals surface area contributed by atoms with E-state index >= 15 is 8.78 Å². The highest BCUT2D eigenvalue weighted by atomic mass is 19.1. The van der Waals surface area contributed by atoms with Crippen molar-refractivity contribution in [1.82, 2.24) is 44.5 Å². The number of piperazine rings is 1. The normalized spacial score (nSPS) is 23.4. The minimum atomic E-state index is -0.763. The molecule has 0 aliphatic carbocycles. The Kier molecular flexibility index (Phi) is 13.3. The van der Waals surface area contributed by atoms with Gasteiger partial charge in [0.05, 0.1) is 33.6 Å². The van der Waals surface area contributed by atoms with Crippen molar-refractivity contribution < 1.29 is 37.4 Å². The summed E-state index contributed by atoms with van der Waals surface area (Å²) in [6.07, 6.45) is 14.2. The number of aryl methyl sites for hydroxylation is 1. The number of amides is 3. The Bertz CT molecular complexity index is 3630. The van der Waals surface area contributed by atoms with E-state index in [-0.39, 0.29) is 103 Å². The van der Waals surface area contributed by atoms with E-state index < -0.39 is 23.6 Å². The van der Waals surface area contributed by atoms with Crippen molar-refractivity contribution in [3.63, 3.8) is 0 Å². The van der Waals surface area contributed by atoms with E-state index in [1.165, 1.54) is 15.2 Å². The lowest BCUT2D eigenvalue weighted by Gasteiger charge is -2.35. The highest BCUT2D eigenvalue weighted by Crippen LogP contribution is 2.44. The van der Waals surface area contributed by atoms with Gasteiger partial charge in [0.1, 0.15) is 48.7 Å². The number of terminal acetylenes is 1. The number of piperidine rings is 2. The molecule has 394 valence electrons. The van der Waals surface area contributed by atoms with Crippen LogP contribution < -0.4 is 26.0 Å². The number of likely N-dealkylation sites (tertiary alicyclic amines) is 1. The number of anilines is 1. The average Bonchev–Trinajstić information content (AvgIpc) is 4.29. The summed E-state index contributed by atoms with van der Waals surface area (Å²) in [5, 5.41) is 7.51. The molecule has 17 nitrogen and oxygen atoms in total. The van der Waals surface area contributed by atoms with Gasteiger partial charge in [-0.2, -0.15) is 9.97 Å². The van der Waals surface area contributed by atoms with Crippen LogP contribution in [0, 0.1) is 47.7 Å². The minimum Gasteiger partial charge on any atom is -0.461 e. The number of pyridine rings is 1. The van der Waals surface area contributed by atoms with Crippen LogP contribution in [-0.2, 0) is 26.1 Å². The summed E-state index contributed by atoms with van der Waals surface area (Å²) in [4.78, 5) is 71.4. The molecule has 3 unspecified atom stereocenters. The number of rotatable bonds is 10. The number of nitrogens with one attached hydrogen (secondary N) is 2. The molecule has 0 radical (unpaired) electrons. The first-order valence-electron chi connectivity index (χ1n) is 26.5. The molecule has 6 aliphatic rings. The SMILES string of the molecule is C#Cc1c(F)ccc2cccc(-c3ncc4c(N5CC6CCC(C5)N6)nc(OC[C@@]56CCCN5[C@H](COC(=O)N5CCC(OCC#CC#Cc7ccc8c(c7)n(C)c(=O)n8C7CCC(=O)NC7=O)CC5)CC6)nc4c3F)c12. The van der Waals surface area contributed by atoms with Crippen LogP contribution >= 0.6 is 0 Å². The Balaban J connectivity index is 0.659. The molecular weight excluding hydrogens is 987 g/mol. The number of hydrogen-bond donors (Lipinski definition) is 2. The monoisotopic (exact) mass is 1040 g/mol. The van der Waals surface area contributed by atoms with Crippen molar-refractivity contribution in [1.29, 1.82) is 0 Å². The molecule has 19 heteroatoms. The van der Waals surface area contributed by atoms with E-state index in [9.17, 15) is 19.2 Å². The van der Waals surface area contributed by atoms with Gasteiger partial charge in [0.15, 0.2) is 5.82 Å². The first kappa shape index (κ1) is 50.0. The van der Waals surface area contributed by atoms with Gasteiger partial charge in [-0.25, -0.2) is 18.4 Å². The van der Waals surface area contributed by atoms with Crippen LogP contribution in [0.4, 0.5) is 19.4 Å². The molecule has 9 heterocycles. The zero-order valence-corrected chi connectivity index (χ0v) is 42.6. The smallest absolute Gasteiger partial charge is 0.409 e. The largest absolute Gasteiger partial charge is 0.461 e. The summed E-state index contributed by atoms with van der Waals surface area (Å²) < 4.78 is 53.7. The summed E-state index contributed by atoms with van der Waals surface area (Å²) in [5.41, 5.74) is 1.63. The summed E-state index contributed by atoms with van der Waals surface area (Å²) >= 11 is 0. The second kappa shape index (κ2) is 20.6. The summed E-state index contributed by atoms with van der Waals surface area (Å²) in [7, 11) is 1.63. The van der Waals surface area contributed by atoms with E-state index in [1.54, 1.807) is 60.6 Å². The van der Waals surface area contributed by atoms with Gasteiger partial charge in [0.25, 0.3) is 0 Å². The fourth-order valence-corrected chi connectivity index (χ4v) is 12.6. The summed E-state index contributed by atoms with van der Waals surface area (Å²) in [6.45, 7) is 3.90. The molecule has 6 fully saturated rings. The number of carbonyl (C=O) groups is 3. The van der Waals surface area contributed by atoms with Crippen LogP contribution in [-0.4, -0.2) is 134 Å². The first-order chi connectivity index (χ1) is 37.4. The quantitative estimate of drug-likeness (QED) is 0.126. The molecule has 3 aromatic heterocycles. The molecule has 2 N–H and O–H groups in total. The molecule has 6 aromatic rings. The van der Waals surface area contributed by atoms with Gasteiger partial charge >= 0.3 is 17.8 Å². The third kappa shape index (κ3) is 9.38. The Hall–Kier alpha value is -7.89. The van der Waals surface area contributed by atoms with Gasteiger partial charge < -0.3 is 29.3 Å². The second-order valence-corrected chi connectivity index (χ2v) is 21.0. The number of fused-ring (bicyclic) bond motifs is 6. The van der Waals surface area contributed by atoms with Gasteiger partial charge in [0.2, 0.25) is 11.8 Å². The van der Waals surface area contributed by atoms with Gasteiger partial charge in [-0.3, -0.25) is 33.9 Å². The summed E-state index contributed by atoms with van der Waals surface area (Å²) in [5.74, 6) is 12.6. The zero-order valence-electron chi connectivity index (χ0n) is 42.6. The number of imidazole rings is 1. The van der Waals surface area contributed by atoms with Crippen LogP contribution in [0.15, 0.2) is 59.5 Å². The number of aromatic nitrogens is 5. The fourth-order valence-electron chi connectivity index (χ4n) is 12.6. The van der Waals surface area contributed by atoms with Gasteiger partial charge in [-0.15, -0.1) is 6.42 Å². The number of carbonyl (C=O) groups excluding carboxylic acids is 3. The Morgan fingerprint density at radius 3 is 2.57 bits per heavy atom. The Morgan fingerprint density at radius 1 is 0.935 bits per heavy atom. The molecule has 6 aliphatic heterocycles. The van der Waals surface area contributed by atoms with Crippen molar-refractivity contribution in [2.24, 2.45) is 7.05 Å². The molecule has 2 bridgehead atoms. The Labute approximate surface area is 442 Å². The fraction of sp³-hybridized carbons (Fsp3) is 0.431. The van der Waals surface area contributed by atoms with Gasteiger partial charge in [0, 0.05) is 80.5 Å². The number of imide groups is 1. The average molecular weight is 1040 g/mol. The standard InChI is InChI=1S/C58H56F2N10O7/c1-3-41-44(59)16-13-36-10-7-11-42(49(36)41)51-50(60)52-43(30-61-51)53(68-31-37-14-15-38(32-68)62-37)65-55(64-52)77-34-58-23-8-25-69(58)39(20-24-58)33-76-57(74)67-26-21-40(22-27-67)75-28-6-4-5-9-35-12-17-45-47(29-35)66(2)56(73)70(45)46-18-19-48(71)63-54(46)72/h1,7,10-13,16-17,29-30,37-40,46,62H,8,14-15,18-28,31-34H2,2H3,(H,63,71,72)/t37?,38?,39-,46?,58-/m0/s1. The zero-order chi connectivity index (χ0) is 53.0. The topological polar surface area (TPSA) is 178 Å². The number of hydrogen-bond acceptors (Lipinski definition) is 13. The maximum absolute atomic E-state index is 17.2. The van der Waals surface area contributed by atoms with Crippen molar-refractivity contribution in [3.05, 3.63) is 88.0 Å². The van der Waals surface area contributed by atoms with Crippen molar-refractivity contribution >= 4 is 56.4 Å². The van der Waals surface area contributed by atoms with Crippen LogP contribution in [0.3, 0.4) is 0 Å². The van der Waals surface area contributed by atoms with Crippen LogP contribution in [0.25, 0.3) is 44.0 Å². The highest BCUT2D eigenvalue weighted by Gasteiger charge is 2.50. The third-order valence-corrected chi connectivity index (χ3v) is 16.5. The van der Waals surface area contributed by atoms with Gasteiger partial charge in [-0.05, 0) is 106 Å². The molecule has 0 spiro atoms. The lowest BCUT2D eigenvalue weighted by Crippen LogP contribution is -2.51. The van der Waals surface area contributed by atoms with E-state index in [0.717, 1.165) is 45.1 Å². The van der Waals surface area contributed by atoms with Crippen molar-refractivity contribution in [2.75, 3.05) is 57.4 Å². The molecule has 12 rings (SSSR count). The molecule has 3 amide bonds. The predicted octanol–water partition coefficient (Wildman–Crippen LogP) is 5.72. The molecule has 0 saturated carbocycles. The minimum absolute atomic E-state index is 0.00473. The molecule has 6 saturated heterocycles. The first-order valence-corrected chi connectivity index (χ1v) is 26.5. The highest BCUT2D eigenvalue weighted by molar-refractivity contribution is 6.02. The van der Waals surface area contributed by atoms with Gasteiger partial charge in [-0.1, -0.05) is 42.0 Å². The third-order valence-electron chi connectivity index (χ3n) is 16.5. The van der Waals surface area contributed by atoms with Crippen LogP contribution in [0.1, 0.15) is 81.4 Å². The lowest BCUT2D eigenvalue weighted by molar-refractivity contribution is -0.135. The Morgan fingerprint density at radius 2 is 1.77 bits per heavy atom. The number of benzene rings is 3. The molecule has 77 heavy (non-hydrogen) atoms. The van der Waals surface area contributed by atoms with Crippen LogP contribution in [0.2, 0.25) is 0 Å². The maximum Gasteiger partial charge on any atom is 0.409 e. The lowest BCUT2D eigenvalue weighted by atomic mass is 9.95. The van der Waals surface area contributed by atoms with E-state index in [2.05, 4.69) is 55.0 Å². The number of ether oxygens (including phenoxy) is 3. The molecule has 5 atom stereocenters. The van der Waals surface area contributed by atoms with Crippen molar-refractivity contribution in [3.8, 4) is 53.3 Å². The van der Waals surface area contributed by atoms with E-state index in [4.69, 9.17) is 30.6 Å². The predicted molar refractivity (Wildman–Crippen MR) is 283 cm³/mol. The summed E-state index contributed by atoms with van der Waals surface area (Å²) in [6, 6.07) is 13.4. The van der Waals surface area contributed by atoms with E-state index in [0.29, 0.717) is 83.2 Å². The maximum atomic E-state index is 17.2. The number of halogens is 2. The number of nitrogens with zero attached hydrogens (tertiary/aromatic N) is 8. The van der Waals surface area contributed by atoms with E-state index in [1.807, 2.05) is 0 Å².